The number of carbonyl (C=O) groups is 1. The Hall–Kier alpha value is -2.27. The van der Waals surface area contributed by atoms with E-state index in [0.717, 1.165) is 0 Å². The van der Waals surface area contributed by atoms with Crippen LogP contribution in [0.2, 0.25) is 0 Å². The number of aliphatic hydroxyl groups is 9. The minimum absolute atomic E-state index is 0.182. The lowest BCUT2D eigenvalue weighted by molar-refractivity contribution is -0.344. The lowest BCUT2D eigenvalue weighted by atomic mass is 9.85. The monoisotopic (exact) mass is 702 g/mol. The van der Waals surface area contributed by atoms with Gasteiger partial charge in [0, 0.05) is 17.8 Å². The van der Waals surface area contributed by atoms with Crippen molar-refractivity contribution in [3.05, 3.63) is 36.3 Å². The van der Waals surface area contributed by atoms with Gasteiger partial charge in [-0.1, -0.05) is 12.2 Å². The van der Waals surface area contributed by atoms with Crippen LogP contribution >= 0.6 is 0 Å². The third kappa shape index (κ3) is 5.71. The molecular formula is C31H42O18. The van der Waals surface area contributed by atoms with Crippen LogP contribution in [0.4, 0.5) is 0 Å². The van der Waals surface area contributed by atoms with Gasteiger partial charge in [-0.05, 0) is 18.9 Å². The highest BCUT2D eigenvalue weighted by Gasteiger charge is 2.77. The zero-order valence-corrected chi connectivity index (χ0v) is 26.1. The van der Waals surface area contributed by atoms with Crippen LogP contribution < -0.4 is 0 Å². The molecule has 19 atom stereocenters. The molecule has 0 aromatic rings. The van der Waals surface area contributed by atoms with Crippen molar-refractivity contribution in [2.45, 2.75) is 105 Å². The van der Waals surface area contributed by atoms with E-state index in [0.29, 0.717) is 18.4 Å². The Labute approximate surface area is 279 Å². The predicted octanol–water partition coefficient (Wildman–Crippen LogP) is -4.40. The normalized spacial score (nSPS) is 51.5. The fourth-order valence-corrected chi connectivity index (χ4v) is 8.12. The van der Waals surface area contributed by atoms with Crippen molar-refractivity contribution in [1.29, 1.82) is 0 Å². The first-order valence-corrected chi connectivity index (χ1v) is 16.2. The zero-order valence-electron chi connectivity index (χ0n) is 26.1. The molecule has 0 aromatic carbocycles. The van der Waals surface area contributed by atoms with Crippen LogP contribution in [0.25, 0.3) is 0 Å². The summed E-state index contributed by atoms with van der Waals surface area (Å²) in [6, 6.07) is 0. The minimum atomic E-state index is -1.71. The van der Waals surface area contributed by atoms with Gasteiger partial charge in [-0.2, -0.15) is 0 Å². The second kappa shape index (κ2) is 13.4. The van der Waals surface area contributed by atoms with Crippen molar-refractivity contribution < 1.29 is 88.6 Å². The van der Waals surface area contributed by atoms with Gasteiger partial charge in [0.25, 0.3) is 0 Å². The molecule has 5 fully saturated rings. The number of hydrogen-bond acceptors (Lipinski definition) is 18. The van der Waals surface area contributed by atoms with E-state index in [1.807, 2.05) is 0 Å². The molecule has 0 spiro atoms. The average Bonchev–Trinajstić information content (AvgIpc) is 3.62. The van der Waals surface area contributed by atoms with Gasteiger partial charge < -0.3 is 83.9 Å². The third-order valence-corrected chi connectivity index (χ3v) is 10.9. The van der Waals surface area contributed by atoms with Crippen LogP contribution in [0.1, 0.15) is 12.8 Å². The lowest BCUT2D eigenvalue weighted by Crippen LogP contribution is -2.60. The number of ether oxygens (including phenoxy) is 8. The Morgan fingerprint density at radius 2 is 1.45 bits per heavy atom. The maximum atomic E-state index is 13.8. The first kappa shape index (κ1) is 35.1. The van der Waals surface area contributed by atoms with E-state index in [9.17, 15) is 50.8 Å². The molecule has 3 saturated heterocycles. The summed E-state index contributed by atoms with van der Waals surface area (Å²) < 4.78 is 46.2. The van der Waals surface area contributed by atoms with Crippen molar-refractivity contribution in [1.82, 2.24) is 0 Å². The van der Waals surface area contributed by atoms with E-state index in [1.54, 1.807) is 6.08 Å². The number of carbonyl (C=O) groups excluding carboxylic acids is 1. The van der Waals surface area contributed by atoms with Gasteiger partial charge in [-0.25, -0.2) is 4.79 Å². The van der Waals surface area contributed by atoms with E-state index in [4.69, 9.17) is 37.9 Å². The average molecular weight is 703 g/mol. The Morgan fingerprint density at radius 3 is 2.04 bits per heavy atom. The minimum Gasteiger partial charge on any atom is -0.472 e. The molecule has 0 bridgehead atoms. The number of aliphatic hydroxyl groups excluding tert-OH is 9. The summed E-state index contributed by atoms with van der Waals surface area (Å²) >= 11 is 0. The van der Waals surface area contributed by atoms with Gasteiger partial charge in [0.2, 0.25) is 12.6 Å². The van der Waals surface area contributed by atoms with Crippen LogP contribution in [0.5, 0.6) is 0 Å². The van der Waals surface area contributed by atoms with E-state index in [-0.39, 0.29) is 5.57 Å². The number of fused-ring (bicyclic) bond motifs is 4. The quantitative estimate of drug-likeness (QED) is 0.0623. The lowest BCUT2D eigenvalue weighted by Gasteiger charge is -2.43. The molecule has 0 radical (unpaired) electrons. The maximum absolute atomic E-state index is 13.8. The van der Waals surface area contributed by atoms with Crippen molar-refractivity contribution in [3.63, 3.8) is 0 Å². The molecule has 0 unspecified atom stereocenters. The number of rotatable bonds is 9. The largest absolute Gasteiger partial charge is 0.472 e. The van der Waals surface area contributed by atoms with Gasteiger partial charge in [-0.3, -0.25) is 0 Å². The Morgan fingerprint density at radius 1 is 0.837 bits per heavy atom. The molecule has 49 heavy (non-hydrogen) atoms. The van der Waals surface area contributed by atoms with Crippen LogP contribution in [0, 0.1) is 23.7 Å². The number of hydrogen-bond donors (Lipinski definition) is 9. The van der Waals surface area contributed by atoms with Crippen molar-refractivity contribution in [2.75, 3.05) is 19.8 Å². The van der Waals surface area contributed by atoms with E-state index in [2.05, 4.69) is 6.58 Å². The zero-order chi connectivity index (χ0) is 34.9. The molecule has 7 aliphatic rings. The molecule has 5 aliphatic heterocycles. The second-order valence-corrected chi connectivity index (χ2v) is 13.5. The summed E-state index contributed by atoms with van der Waals surface area (Å²) in [4.78, 5) is 13.8. The van der Waals surface area contributed by atoms with E-state index >= 15 is 0 Å². The van der Waals surface area contributed by atoms with Crippen molar-refractivity contribution >= 4 is 5.97 Å². The standard InChI is InChI=1S/C31H42O18/c1-10-2-3-11-13(8-43-27(16(10)11)47-29-22(39)20(37)18(35)14(6-32)44-29)26(41)46-24-12-4-5-42-28(17(12)31(9-34)25(24)49-31)48-30-23(40)21(38)19(36)15(7-33)45-30/h4-5,8,11-12,14-25,27-30,32-40H,1-3,6-7,9H2/t11-,12+,14-,15+,16-,17-,18-,19-,20-,21+,22+,23+,24+,25+,27+,28+,29+,30+,31-/m1/s1. The van der Waals surface area contributed by atoms with Crippen LogP contribution in [-0.4, -0.2) is 164 Å². The second-order valence-electron chi connectivity index (χ2n) is 13.5. The molecule has 274 valence electrons. The Balaban J connectivity index is 1.06. The highest BCUT2D eigenvalue weighted by atomic mass is 16.8. The summed E-state index contributed by atoms with van der Waals surface area (Å²) in [7, 11) is 0. The SMILES string of the molecule is C=C1CC[C@@H]2C(C(=O)O[C@H]3[C@H]4C=CO[C@@H](O[C@@H]5O[C@@H](CO)[C@@H](O)[C@H](O)[C@@H]5O)[C@@H]4[C@@]4(CO)O[C@@H]34)=CO[C@@H](O[C@@H]3O[C@H](CO)[C@@H](O)[C@@H](O)[C@@H]3O)[C@H]12. The van der Waals surface area contributed by atoms with Gasteiger partial charge in [0.1, 0.15) is 66.6 Å². The van der Waals surface area contributed by atoms with Crippen LogP contribution in [0.3, 0.4) is 0 Å². The summed E-state index contributed by atoms with van der Waals surface area (Å²) in [5.41, 5.74) is -0.365. The third-order valence-electron chi connectivity index (χ3n) is 10.9. The molecule has 18 heteroatoms. The summed E-state index contributed by atoms with van der Waals surface area (Å²) in [6.07, 6.45) is -14.1. The van der Waals surface area contributed by atoms with Crippen molar-refractivity contribution in [2.24, 2.45) is 23.7 Å². The van der Waals surface area contributed by atoms with Crippen LogP contribution in [-0.2, 0) is 42.7 Å². The highest BCUT2D eigenvalue weighted by Crippen LogP contribution is 2.61. The van der Waals surface area contributed by atoms with Gasteiger partial charge in [0.15, 0.2) is 12.6 Å². The van der Waals surface area contributed by atoms with Crippen molar-refractivity contribution in [3.8, 4) is 0 Å². The Bertz CT molecular complexity index is 1320. The fraction of sp³-hybridized carbons (Fsp3) is 0.774. The Kier molecular flexibility index (Phi) is 9.59. The van der Waals surface area contributed by atoms with Crippen LogP contribution in [0.15, 0.2) is 36.3 Å². The summed E-state index contributed by atoms with van der Waals surface area (Å²) in [5, 5.41) is 91.2. The summed E-state index contributed by atoms with van der Waals surface area (Å²) in [6.45, 7) is 2.30. The molecule has 2 aliphatic carbocycles. The van der Waals surface area contributed by atoms with E-state index < -0.39 is 141 Å². The molecule has 18 nitrogen and oxygen atoms in total. The highest BCUT2D eigenvalue weighted by molar-refractivity contribution is 5.89. The fourth-order valence-electron chi connectivity index (χ4n) is 8.12. The maximum Gasteiger partial charge on any atom is 0.337 e. The van der Waals surface area contributed by atoms with E-state index in [1.165, 1.54) is 12.5 Å². The molecule has 2 saturated carbocycles. The van der Waals surface area contributed by atoms with Gasteiger partial charge in [0.05, 0.1) is 43.8 Å². The molecule has 0 amide bonds. The molecule has 0 aromatic heterocycles. The number of epoxide rings is 1. The molecule has 9 N–H and O–H groups in total. The first-order chi connectivity index (χ1) is 23.4. The molecule has 5 heterocycles. The molecular weight excluding hydrogens is 660 g/mol. The van der Waals surface area contributed by atoms with Gasteiger partial charge >= 0.3 is 5.97 Å². The summed E-state index contributed by atoms with van der Waals surface area (Å²) in [5.74, 6) is -3.15. The first-order valence-electron chi connectivity index (χ1n) is 16.2. The van der Waals surface area contributed by atoms with Gasteiger partial charge in [-0.15, -0.1) is 0 Å². The molecule has 7 rings (SSSR count). The number of esters is 1. The smallest absolute Gasteiger partial charge is 0.337 e. The topological polar surface area (TPSA) is 276 Å². The predicted molar refractivity (Wildman–Crippen MR) is 154 cm³/mol.